The molecule has 0 unspecified atom stereocenters. The zero-order valence-electron chi connectivity index (χ0n) is 17.8. The summed E-state index contributed by atoms with van der Waals surface area (Å²) in [6.07, 6.45) is 0. The fraction of sp³-hybridized carbons (Fsp3) is 0.318. The second kappa shape index (κ2) is 7.92. The molecule has 9 nitrogen and oxygen atoms in total. The summed E-state index contributed by atoms with van der Waals surface area (Å²) >= 11 is 0. The standard InChI is InChI=1S/C22H25N7O2/c1-14-10-16-12-17(4-5-18(16)23-14)30-22-25-19(24-20-11-15(2)31-27-20)13-21(26-22)29-8-6-28(3)7-9-29/h4-5,10-13,23H,6-9H2,1-3H3,(H,24,25,26,27). The molecule has 2 N–H and O–H groups in total. The van der Waals surface area contributed by atoms with Gasteiger partial charge in [-0.2, -0.15) is 9.97 Å². The summed E-state index contributed by atoms with van der Waals surface area (Å²) in [4.78, 5) is 17.1. The van der Waals surface area contributed by atoms with E-state index in [-0.39, 0.29) is 6.01 Å². The Labute approximate surface area is 180 Å². The van der Waals surface area contributed by atoms with Crippen LogP contribution in [-0.4, -0.2) is 58.2 Å². The summed E-state index contributed by atoms with van der Waals surface area (Å²) in [6.45, 7) is 7.63. The van der Waals surface area contributed by atoms with E-state index in [9.17, 15) is 0 Å². The van der Waals surface area contributed by atoms with Gasteiger partial charge in [0, 0.05) is 54.9 Å². The topological polar surface area (TPSA) is 95.3 Å². The minimum atomic E-state index is 0.283. The summed E-state index contributed by atoms with van der Waals surface area (Å²) in [6, 6.07) is 12.0. The molecule has 0 bridgehead atoms. The molecule has 160 valence electrons. The molecule has 3 aromatic heterocycles. The van der Waals surface area contributed by atoms with E-state index < -0.39 is 0 Å². The van der Waals surface area contributed by atoms with Crippen molar-refractivity contribution in [1.29, 1.82) is 0 Å². The van der Waals surface area contributed by atoms with Gasteiger partial charge >= 0.3 is 6.01 Å². The largest absolute Gasteiger partial charge is 0.424 e. The zero-order chi connectivity index (χ0) is 21.4. The fourth-order valence-electron chi connectivity index (χ4n) is 3.70. The normalized spacial score (nSPS) is 14.9. The highest BCUT2D eigenvalue weighted by molar-refractivity contribution is 5.81. The van der Waals surface area contributed by atoms with Crippen LogP contribution in [0, 0.1) is 13.8 Å². The third kappa shape index (κ3) is 4.31. The number of benzene rings is 1. The number of hydrogen-bond acceptors (Lipinski definition) is 8. The molecule has 9 heteroatoms. The van der Waals surface area contributed by atoms with Crippen LogP contribution in [0.25, 0.3) is 10.9 Å². The van der Waals surface area contributed by atoms with E-state index in [0.29, 0.717) is 17.4 Å². The van der Waals surface area contributed by atoms with Gasteiger partial charge in [0.2, 0.25) is 0 Å². The Morgan fingerprint density at radius 2 is 1.84 bits per heavy atom. The summed E-state index contributed by atoms with van der Waals surface area (Å²) < 4.78 is 11.2. The summed E-state index contributed by atoms with van der Waals surface area (Å²) in [5.41, 5.74) is 2.18. The molecule has 31 heavy (non-hydrogen) atoms. The smallest absolute Gasteiger partial charge is 0.325 e. The molecule has 1 fully saturated rings. The number of aromatic amines is 1. The first-order chi connectivity index (χ1) is 15.0. The van der Waals surface area contributed by atoms with E-state index >= 15 is 0 Å². The molecule has 0 saturated carbocycles. The Morgan fingerprint density at radius 3 is 2.61 bits per heavy atom. The van der Waals surface area contributed by atoms with Crippen LogP contribution in [0.3, 0.4) is 0 Å². The molecule has 1 aliphatic rings. The highest BCUT2D eigenvalue weighted by Crippen LogP contribution is 2.28. The quantitative estimate of drug-likeness (QED) is 0.504. The van der Waals surface area contributed by atoms with Gasteiger partial charge in [0.25, 0.3) is 0 Å². The number of H-pyrrole nitrogens is 1. The highest BCUT2D eigenvalue weighted by atomic mass is 16.5. The van der Waals surface area contributed by atoms with Crippen molar-refractivity contribution >= 4 is 28.4 Å². The van der Waals surface area contributed by atoms with Crippen molar-refractivity contribution in [3.63, 3.8) is 0 Å². The predicted molar refractivity (Wildman–Crippen MR) is 119 cm³/mol. The highest BCUT2D eigenvalue weighted by Gasteiger charge is 2.18. The van der Waals surface area contributed by atoms with Gasteiger partial charge < -0.3 is 29.4 Å². The molecule has 5 rings (SSSR count). The molecule has 4 aromatic rings. The Hall–Kier alpha value is -3.59. The van der Waals surface area contributed by atoms with Crippen LogP contribution >= 0.6 is 0 Å². The van der Waals surface area contributed by atoms with Crippen LogP contribution in [0.2, 0.25) is 0 Å². The lowest BCUT2D eigenvalue weighted by atomic mass is 10.2. The second-order valence-electron chi connectivity index (χ2n) is 7.94. The van der Waals surface area contributed by atoms with Gasteiger partial charge in [-0.25, -0.2) is 0 Å². The van der Waals surface area contributed by atoms with Crippen LogP contribution in [0.1, 0.15) is 11.5 Å². The number of fused-ring (bicyclic) bond motifs is 1. The van der Waals surface area contributed by atoms with Crippen molar-refractivity contribution < 1.29 is 9.26 Å². The number of nitrogens with zero attached hydrogens (tertiary/aromatic N) is 5. The van der Waals surface area contributed by atoms with E-state index in [2.05, 4.69) is 43.4 Å². The summed E-state index contributed by atoms with van der Waals surface area (Å²) in [7, 11) is 2.13. The van der Waals surface area contributed by atoms with Gasteiger partial charge in [-0.05, 0) is 45.2 Å². The van der Waals surface area contributed by atoms with Gasteiger partial charge in [0.05, 0.1) is 0 Å². The van der Waals surface area contributed by atoms with Crippen LogP contribution in [0.15, 0.2) is 40.9 Å². The average Bonchev–Trinajstić information content (AvgIpc) is 3.32. The predicted octanol–water partition coefficient (Wildman–Crippen LogP) is 3.85. The van der Waals surface area contributed by atoms with Crippen molar-refractivity contribution in [2.75, 3.05) is 43.4 Å². The fourth-order valence-corrected chi connectivity index (χ4v) is 3.70. The Balaban J connectivity index is 1.46. The van der Waals surface area contributed by atoms with E-state index in [1.807, 2.05) is 44.2 Å². The molecule has 0 spiro atoms. The lowest BCUT2D eigenvalue weighted by Gasteiger charge is -2.33. The molecule has 0 radical (unpaired) electrons. The summed E-state index contributed by atoms with van der Waals surface area (Å²) in [5, 5.41) is 8.28. The molecular formula is C22H25N7O2. The third-order valence-corrected chi connectivity index (χ3v) is 5.34. The van der Waals surface area contributed by atoms with Gasteiger partial charge in [-0.15, -0.1) is 0 Å². The molecule has 1 aliphatic heterocycles. The Kier molecular flexibility index (Phi) is 4.95. The maximum atomic E-state index is 6.07. The monoisotopic (exact) mass is 419 g/mol. The molecule has 0 aliphatic carbocycles. The number of hydrogen-bond donors (Lipinski definition) is 2. The van der Waals surface area contributed by atoms with Crippen molar-refractivity contribution in [3.8, 4) is 11.8 Å². The van der Waals surface area contributed by atoms with E-state index in [0.717, 1.165) is 54.4 Å². The lowest BCUT2D eigenvalue weighted by molar-refractivity contribution is 0.311. The SMILES string of the molecule is Cc1cc2cc(Oc3nc(Nc4cc(C)on4)cc(N4CCN(C)CC4)n3)ccc2[nH]1. The number of anilines is 3. The number of rotatable bonds is 5. The maximum Gasteiger partial charge on any atom is 0.325 e. The molecule has 0 amide bonds. The summed E-state index contributed by atoms with van der Waals surface area (Å²) in [5.74, 6) is 3.42. The first kappa shape index (κ1) is 19.4. The number of aromatic nitrogens is 4. The Morgan fingerprint density at radius 1 is 1.00 bits per heavy atom. The van der Waals surface area contributed by atoms with Gasteiger partial charge in [0.1, 0.15) is 23.1 Å². The lowest BCUT2D eigenvalue weighted by Crippen LogP contribution is -2.44. The van der Waals surface area contributed by atoms with E-state index in [4.69, 9.17) is 14.2 Å². The third-order valence-electron chi connectivity index (χ3n) is 5.34. The van der Waals surface area contributed by atoms with Crippen molar-refractivity contribution in [2.45, 2.75) is 13.8 Å². The second-order valence-corrected chi connectivity index (χ2v) is 7.94. The number of piperazine rings is 1. The Bertz CT molecular complexity index is 1210. The van der Waals surface area contributed by atoms with Crippen LogP contribution in [-0.2, 0) is 0 Å². The number of likely N-dealkylation sites (N-methyl/N-ethyl adjacent to an activating group) is 1. The van der Waals surface area contributed by atoms with Gasteiger partial charge in [-0.1, -0.05) is 5.16 Å². The zero-order valence-corrected chi connectivity index (χ0v) is 17.8. The van der Waals surface area contributed by atoms with Crippen LogP contribution in [0.5, 0.6) is 11.8 Å². The van der Waals surface area contributed by atoms with Gasteiger partial charge in [-0.3, -0.25) is 0 Å². The first-order valence-electron chi connectivity index (χ1n) is 10.3. The average molecular weight is 419 g/mol. The van der Waals surface area contributed by atoms with E-state index in [1.165, 1.54) is 0 Å². The van der Waals surface area contributed by atoms with Gasteiger partial charge in [0.15, 0.2) is 5.82 Å². The maximum absolute atomic E-state index is 6.07. The van der Waals surface area contributed by atoms with Crippen LogP contribution in [0.4, 0.5) is 17.5 Å². The molecule has 1 saturated heterocycles. The van der Waals surface area contributed by atoms with Crippen molar-refractivity contribution in [2.24, 2.45) is 0 Å². The minimum Gasteiger partial charge on any atom is -0.424 e. The molecule has 0 atom stereocenters. The molecule has 1 aromatic carbocycles. The van der Waals surface area contributed by atoms with Crippen LogP contribution < -0.4 is 15.0 Å². The number of nitrogens with one attached hydrogen (secondary N) is 2. The first-order valence-corrected chi connectivity index (χ1v) is 10.3. The van der Waals surface area contributed by atoms with Crippen molar-refractivity contribution in [3.05, 3.63) is 47.9 Å². The molecular weight excluding hydrogens is 394 g/mol. The van der Waals surface area contributed by atoms with Crippen molar-refractivity contribution in [1.82, 2.24) is 25.0 Å². The minimum absolute atomic E-state index is 0.283. The molecule has 4 heterocycles. The van der Waals surface area contributed by atoms with E-state index in [1.54, 1.807) is 0 Å². The number of ether oxygens (including phenoxy) is 1. The number of aryl methyl sites for hydroxylation is 2.